The Morgan fingerprint density at radius 2 is 1.65 bits per heavy atom. The molecule has 1 aliphatic heterocycles. The van der Waals surface area contributed by atoms with Crippen molar-refractivity contribution >= 4 is 5.69 Å². The monoisotopic (exact) mass is 310 g/mol. The van der Waals surface area contributed by atoms with Crippen molar-refractivity contribution in [1.29, 1.82) is 0 Å². The van der Waals surface area contributed by atoms with Crippen LogP contribution in [0.3, 0.4) is 0 Å². The van der Waals surface area contributed by atoms with Gasteiger partial charge in [0.1, 0.15) is 0 Å². The summed E-state index contributed by atoms with van der Waals surface area (Å²) in [6.07, 6.45) is 2.02. The molecule has 0 spiro atoms. The van der Waals surface area contributed by atoms with Gasteiger partial charge in [-0.2, -0.15) is 0 Å². The number of nitrogens with zero attached hydrogens (tertiary/aromatic N) is 1. The molecule has 0 saturated carbocycles. The topological polar surface area (TPSA) is 35.5 Å². The average Bonchev–Trinajstić information content (AvgIpc) is 2.62. The summed E-state index contributed by atoms with van der Waals surface area (Å²) in [5, 5.41) is 13.0. The molecule has 0 aliphatic carbocycles. The zero-order valence-electron chi connectivity index (χ0n) is 13.6. The van der Waals surface area contributed by atoms with Gasteiger partial charge in [0.25, 0.3) is 0 Å². The molecule has 2 N–H and O–H groups in total. The van der Waals surface area contributed by atoms with E-state index >= 15 is 0 Å². The van der Waals surface area contributed by atoms with Crippen molar-refractivity contribution in [1.82, 2.24) is 5.32 Å². The smallest absolute Gasteiger partial charge is 0.0434 e. The molecule has 1 heterocycles. The fourth-order valence-electron chi connectivity index (χ4n) is 3.45. The van der Waals surface area contributed by atoms with Gasteiger partial charge in [0, 0.05) is 38.0 Å². The molecule has 2 unspecified atom stereocenters. The van der Waals surface area contributed by atoms with E-state index in [4.69, 9.17) is 0 Å². The quantitative estimate of drug-likeness (QED) is 0.861. The van der Waals surface area contributed by atoms with Crippen LogP contribution in [-0.4, -0.2) is 30.8 Å². The Labute approximate surface area is 139 Å². The predicted molar refractivity (Wildman–Crippen MR) is 95.5 cm³/mol. The zero-order chi connectivity index (χ0) is 15.9. The van der Waals surface area contributed by atoms with E-state index in [0.29, 0.717) is 12.0 Å². The SMILES string of the molecule is OCCC1CC(NCc2ccccc2)CN(c2ccccc2)C1. The van der Waals surface area contributed by atoms with Crippen molar-refractivity contribution < 1.29 is 5.11 Å². The number of aliphatic hydroxyl groups is 1. The van der Waals surface area contributed by atoms with Gasteiger partial charge < -0.3 is 15.3 Å². The van der Waals surface area contributed by atoms with Gasteiger partial charge in [0.2, 0.25) is 0 Å². The standard InChI is InChI=1S/C20H26N2O/c23-12-11-18-13-19(21-14-17-7-3-1-4-8-17)16-22(15-18)20-9-5-2-6-10-20/h1-10,18-19,21,23H,11-16H2. The average molecular weight is 310 g/mol. The lowest BCUT2D eigenvalue weighted by atomic mass is 9.91. The third-order valence-corrected chi connectivity index (χ3v) is 4.63. The maximum Gasteiger partial charge on any atom is 0.0434 e. The number of para-hydroxylation sites is 1. The summed E-state index contributed by atoms with van der Waals surface area (Å²) < 4.78 is 0. The van der Waals surface area contributed by atoms with Crippen LogP contribution in [-0.2, 0) is 6.54 Å². The highest BCUT2D eigenvalue weighted by atomic mass is 16.3. The summed E-state index contributed by atoms with van der Waals surface area (Å²) >= 11 is 0. The van der Waals surface area contributed by atoms with Crippen molar-refractivity contribution in [3.8, 4) is 0 Å². The first-order chi connectivity index (χ1) is 11.3. The summed E-state index contributed by atoms with van der Waals surface area (Å²) in [6, 6.07) is 21.6. The summed E-state index contributed by atoms with van der Waals surface area (Å²) in [4.78, 5) is 2.45. The van der Waals surface area contributed by atoms with E-state index in [-0.39, 0.29) is 6.61 Å². The van der Waals surface area contributed by atoms with E-state index in [1.54, 1.807) is 0 Å². The van der Waals surface area contributed by atoms with Gasteiger partial charge in [-0.05, 0) is 36.5 Å². The minimum Gasteiger partial charge on any atom is -0.396 e. The molecule has 0 radical (unpaired) electrons. The lowest BCUT2D eigenvalue weighted by Gasteiger charge is -2.39. The molecule has 1 aliphatic rings. The zero-order valence-corrected chi connectivity index (χ0v) is 13.6. The predicted octanol–water partition coefficient (Wildman–Crippen LogP) is 3.05. The molecular formula is C20H26N2O. The number of hydrogen-bond donors (Lipinski definition) is 2. The molecule has 2 aromatic carbocycles. The third kappa shape index (κ3) is 4.57. The first-order valence-corrected chi connectivity index (χ1v) is 8.53. The molecule has 0 amide bonds. The molecule has 2 atom stereocenters. The maximum atomic E-state index is 9.33. The molecule has 3 nitrogen and oxygen atoms in total. The molecular weight excluding hydrogens is 284 g/mol. The first-order valence-electron chi connectivity index (χ1n) is 8.53. The molecule has 0 bridgehead atoms. The normalized spacial score (nSPS) is 21.3. The lowest BCUT2D eigenvalue weighted by Crippen LogP contribution is -2.49. The number of hydrogen-bond acceptors (Lipinski definition) is 3. The highest BCUT2D eigenvalue weighted by Crippen LogP contribution is 2.25. The molecule has 3 rings (SSSR count). The van der Waals surface area contributed by atoms with Crippen LogP contribution in [0.25, 0.3) is 0 Å². The van der Waals surface area contributed by atoms with E-state index < -0.39 is 0 Å². The van der Waals surface area contributed by atoms with Gasteiger partial charge in [-0.25, -0.2) is 0 Å². The first kappa shape index (κ1) is 16.0. The van der Waals surface area contributed by atoms with E-state index in [0.717, 1.165) is 32.5 Å². The minimum absolute atomic E-state index is 0.276. The number of rotatable bonds is 6. The Morgan fingerprint density at radius 3 is 2.35 bits per heavy atom. The van der Waals surface area contributed by atoms with Gasteiger partial charge in [-0.3, -0.25) is 0 Å². The van der Waals surface area contributed by atoms with E-state index in [1.165, 1.54) is 11.3 Å². The van der Waals surface area contributed by atoms with Gasteiger partial charge >= 0.3 is 0 Å². The van der Waals surface area contributed by atoms with Crippen molar-refractivity contribution in [2.45, 2.75) is 25.4 Å². The molecule has 1 fully saturated rings. The van der Waals surface area contributed by atoms with Gasteiger partial charge in [0.05, 0.1) is 0 Å². The highest BCUT2D eigenvalue weighted by Gasteiger charge is 2.26. The van der Waals surface area contributed by atoms with Crippen molar-refractivity contribution in [2.75, 3.05) is 24.6 Å². The molecule has 2 aromatic rings. The van der Waals surface area contributed by atoms with Crippen LogP contribution in [0.2, 0.25) is 0 Å². The number of anilines is 1. The largest absolute Gasteiger partial charge is 0.396 e. The minimum atomic E-state index is 0.276. The molecule has 122 valence electrons. The Bertz CT molecular complexity index is 573. The van der Waals surface area contributed by atoms with Crippen LogP contribution < -0.4 is 10.2 Å². The van der Waals surface area contributed by atoms with Crippen molar-refractivity contribution in [2.24, 2.45) is 5.92 Å². The maximum absolute atomic E-state index is 9.33. The van der Waals surface area contributed by atoms with E-state index in [9.17, 15) is 5.11 Å². The lowest BCUT2D eigenvalue weighted by molar-refractivity contribution is 0.230. The van der Waals surface area contributed by atoms with Crippen LogP contribution in [0, 0.1) is 5.92 Å². The van der Waals surface area contributed by atoms with Crippen LogP contribution >= 0.6 is 0 Å². The second kappa shape index (κ2) is 8.14. The van der Waals surface area contributed by atoms with E-state index in [2.05, 4.69) is 70.9 Å². The fourth-order valence-corrected chi connectivity index (χ4v) is 3.45. The highest BCUT2D eigenvalue weighted by molar-refractivity contribution is 5.46. The Kier molecular flexibility index (Phi) is 5.67. The second-order valence-electron chi connectivity index (χ2n) is 6.42. The third-order valence-electron chi connectivity index (χ3n) is 4.63. The van der Waals surface area contributed by atoms with Crippen molar-refractivity contribution in [3.05, 3.63) is 66.2 Å². The van der Waals surface area contributed by atoms with Crippen LogP contribution in [0.15, 0.2) is 60.7 Å². The van der Waals surface area contributed by atoms with Gasteiger partial charge in [-0.15, -0.1) is 0 Å². The summed E-state index contributed by atoms with van der Waals surface area (Å²) in [7, 11) is 0. The van der Waals surface area contributed by atoms with E-state index in [1.807, 2.05) is 0 Å². The number of aliphatic hydroxyl groups excluding tert-OH is 1. The summed E-state index contributed by atoms with van der Waals surface area (Å²) in [5.74, 6) is 0.544. The molecule has 23 heavy (non-hydrogen) atoms. The van der Waals surface area contributed by atoms with Gasteiger partial charge in [0.15, 0.2) is 0 Å². The van der Waals surface area contributed by atoms with Gasteiger partial charge in [-0.1, -0.05) is 48.5 Å². The van der Waals surface area contributed by atoms with Crippen LogP contribution in [0.4, 0.5) is 5.69 Å². The second-order valence-corrected chi connectivity index (χ2v) is 6.42. The van der Waals surface area contributed by atoms with Crippen LogP contribution in [0.1, 0.15) is 18.4 Å². The Morgan fingerprint density at radius 1 is 0.957 bits per heavy atom. The number of piperidine rings is 1. The fraction of sp³-hybridized carbons (Fsp3) is 0.400. The Hall–Kier alpha value is -1.84. The number of nitrogens with one attached hydrogen (secondary N) is 1. The summed E-state index contributed by atoms with van der Waals surface area (Å²) in [5.41, 5.74) is 2.60. The summed E-state index contributed by atoms with van der Waals surface area (Å²) in [6.45, 7) is 3.24. The molecule has 1 saturated heterocycles. The van der Waals surface area contributed by atoms with Crippen molar-refractivity contribution in [3.63, 3.8) is 0 Å². The van der Waals surface area contributed by atoms with Crippen LogP contribution in [0.5, 0.6) is 0 Å². The molecule has 3 heteroatoms. The molecule has 0 aromatic heterocycles. The Balaban J connectivity index is 1.64. The number of benzene rings is 2.